The monoisotopic (exact) mass is 665 g/mol. The van der Waals surface area contributed by atoms with Gasteiger partial charge in [-0.2, -0.15) is 26.3 Å². The molecule has 0 spiro atoms. The minimum atomic E-state index is -6.01. The van der Waals surface area contributed by atoms with Gasteiger partial charge >= 0.3 is 24.7 Å². The number of anilines is 2. The van der Waals surface area contributed by atoms with E-state index in [1.807, 2.05) is 0 Å². The molecule has 2 heterocycles. The Morgan fingerprint density at radius 1 is 0.804 bits per heavy atom. The Labute approximate surface area is 254 Å². The molecule has 0 aliphatic carbocycles. The minimum absolute atomic E-state index is 0.0859. The number of carbonyl (C=O) groups excluding carboxylic acids is 2. The maximum atomic E-state index is 13.1. The van der Waals surface area contributed by atoms with E-state index in [9.17, 15) is 54.2 Å². The summed E-state index contributed by atoms with van der Waals surface area (Å²) in [6.45, 7) is 0.683. The van der Waals surface area contributed by atoms with E-state index in [1.54, 1.807) is 4.90 Å². The van der Waals surface area contributed by atoms with Crippen LogP contribution in [-0.2, 0) is 12.1 Å². The van der Waals surface area contributed by atoms with Gasteiger partial charge in [0.05, 0.1) is 5.69 Å². The van der Waals surface area contributed by atoms with Crippen LogP contribution in [0.3, 0.4) is 0 Å². The van der Waals surface area contributed by atoms with E-state index in [0.717, 1.165) is 24.3 Å². The van der Waals surface area contributed by atoms with E-state index in [1.165, 1.54) is 35.5 Å². The molecule has 3 amide bonds. The highest BCUT2D eigenvalue weighted by Crippen LogP contribution is 2.50. The maximum absolute atomic E-state index is 13.1. The van der Waals surface area contributed by atoms with Crippen LogP contribution >= 0.6 is 0 Å². The Kier molecular flexibility index (Phi) is 9.72. The third-order valence-electron chi connectivity index (χ3n) is 6.90. The number of urea groups is 1. The van der Waals surface area contributed by atoms with Gasteiger partial charge in [-0.1, -0.05) is 24.3 Å². The number of ether oxygens (including phenoxy) is 1. The molecule has 46 heavy (non-hydrogen) atoms. The van der Waals surface area contributed by atoms with Crippen molar-refractivity contribution in [2.75, 3.05) is 36.8 Å². The first-order valence-corrected chi connectivity index (χ1v) is 13.2. The van der Waals surface area contributed by atoms with Crippen LogP contribution in [0.5, 0.6) is 5.75 Å². The first-order valence-electron chi connectivity index (χ1n) is 13.2. The number of benzene rings is 2. The van der Waals surface area contributed by atoms with Gasteiger partial charge in [-0.3, -0.25) is 14.7 Å². The largest absolute Gasteiger partial charge is 0.573 e. The van der Waals surface area contributed by atoms with Crippen LogP contribution in [0.1, 0.15) is 21.5 Å². The number of aliphatic hydroxyl groups is 1. The first kappa shape index (κ1) is 34.3. The summed E-state index contributed by atoms with van der Waals surface area (Å²) >= 11 is 0. The number of amides is 3. The van der Waals surface area contributed by atoms with Crippen molar-refractivity contribution in [1.29, 1.82) is 0 Å². The van der Waals surface area contributed by atoms with Gasteiger partial charge in [0.2, 0.25) is 0 Å². The molecule has 248 valence electrons. The topological polar surface area (TPSA) is 107 Å². The van der Waals surface area contributed by atoms with Crippen LogP contribution in [0.2, 0.25) is 0 Å². The lowest BCUT2D eigenvalue weighted by atomic mass is 9.91. The van der Waals surface area contributed by atoms with Gasteiger partial charge in [0.1, 0.15) is 0 Å². The van der Waals surface area contributed by atoms with Gasteiger partial charge in [0, 0.05) is 61.9 Å². The quantitative estimate of drug-likeness (QED) is 0.272. The molecular weight excluding hydrogens is 641 g/mol. The third-order valence-corrected chi connectivity index (χ3v) is 6.90. The Morgan fingerprint density at radius 3 is 1.93 bits per heavy atom. The van der Waals surface area contributed by atoms with Gasteiger partial charge in [0.15, 0.2) is 5.75 Å². The van der Waals surface area contributed by atoms with Crippen LogP contribution in [0.4, 0.5) is 55.7 Å². The van der Waals surface area contributed by atoms with Crippen molar-refractivity contribution < 1.29 is 58.9 Å². The second kappa shape index (κ2) is 13.0. The predicted octanol–water partition coefficient (Wildman–Crippen LogP) is 5.89. The molecule has 9 nitrogen and oxygen atoms in total. The van der Waals surface area contributed by atoms with E-state index in [4.69, 9.17) is 0 Å². The van der Waals surface area contributed by atoms with Gasteiger partial charge in [-0.25, -0.2) is 4.79 Å². The standard InChI is InChI=1S/C28H24F9N5O4/c29-26(30,31)25(45,27(32,33)34)19-4-1-17(2-5-19)16-41-11-13-42(14-12-41)23(43)18-3-6-21(22(15-18)46-28(35,36)37)40-24(44)39-20-7-9-38-10-8-20/h1-10,15,45H,11-14,16H2,(H2,38,39,40,44). The second-order valence-electron chi connectivity index (χ2n) is 10.0. The van der Waals surface area contributed by atoms with Crippen LogP contribution in [0.25, 0.3) is 0 Å². The smallest absolute Gasteiger partial charge is 0.404 e. The molecule has 4 rings (SSSR count). The molecule has 0 bridgehead atoms. The summed E-state index contributed by atoms with van der Waals surface area (Å²) in [6, 6.07) is 8.21. The Morgan fingerprint density at radius 2 is 1.39 bits per heavy atom. The maximum Gasteiger partial charge on any atom is 0.573 e. The molecule has 1 aliphatic rings. The van der Waals surface area contributed by atoms with Crippen molar-refractivity contribution in [3.05, 3.63) is 83.7 Å². The second-order valence-corrected chi connectivity index (χ2v) is 10.0. The Hall–Kier alpha value is -4.58. The zero-order valence-corrected chi connectivity index (χ0v) is 23.3. The number of halogens is 9. The van der Waals surface area contributed by atoms with E-state index in [0.29, 0.717) is 23.4 Å². The third kappa shape index (κ3) is 7.97. The van der Waals surface area contributed by atoms with Gasteiger partial charge < -0.3 is 25.4 Å². The molecule has 18 heteroatoms. The van der Waals surface area contributed by atoms with Crippen molar-refractivity contribution in [1.82, 2.24) is 14.8 Å². The van der Waals surface area contributed by atoms with Crippen LogP contribution in [0, 0.1) is 0 Å². The highest BCUT2D eigenvalue weighted by molar-refractivity contribution is 6.01. The van der Waals surface area contributed by atoms with Crippen molar-refractivity contribution in [2.45, 2.75) is 30.9 Å². The number of rotatable bonds is 7. The van der Waals surface area contributed by atoms with Crippen LogP contribution < -0.4 is 15.4 Å². The number of nitrogens with zero attached hydrogens (tertiary/aromatic N) is 3. The zero-order chi connectivity index (χ0) is 33.9. The number of alkyl halides is 9. The molecule has 3 aromatic rings. The lowest BCUT2D eigenvalue weighted by Crippen LogP contribution is -2.53. The highest BCUT2D eigenvalue weighted by Gasteiger charge is 2.71. The Balaban J connectivity index is 1.39. The van der Waals surface area contributed by atoms with Crippen LogP contribution in [-0.4, -0.2) is 76.7 Å². The SMILES string of the molecule is O=C(Nc1ccncc1)Nc1ccc(C(=O)N2CCN(Cc3ccc(C(O)(C(F)(F)F)C(F)(F)F)cc3)CC2)cc1OC(F)(F)F. The fourth-order valence-corrected chi connectivity index (χ4v) is 4.58. The van der Waals surface area contributed by atoms with E-state index in [-0.39, 0.29) is 44.0 Å². The van der Waals surface area contributed by atoms with E-state index in [2.05, 4.69) is 20.4 Å². The summed E-state index contributed by atoms with van der Waals surface area (Å²) in [5.74, 6) is -1.49. The van der Waals surface area contributed by atoms with Gasteiger partial charge in [-0.05, 0) is 35.9 Å². The fraction of sp³-hybridized carbons (Fsp3) is 0.321. The lowest BCUT2D eigenvalue weighted by Gasteiger charge is -2.35. The lowest BCUT2D eigenvalue weighted by molar-refractivity contribution is -0.376. The predicted molar refractivity (Wildman–Crippen MR) is 144 cm³/mol. The molecule has 1 fully saturated rings. The number of hydrogen-bond acceptors (Lipinski definition) is 6. The van der Waals surface area contributed by atoms with Crippen LogP contribution in [0.15, 0.2) is 67.0 Å². The first-order chi connectivity index (χ1) is 21.4. The van der Waals surface area contributed by atoms with Gasteiger partial charge in [-0.15, -0.1) is 13.2 Å². The average Bonchev–Trinajstić information content (AvgIpc) is 2.96. The van der Waals surface area contributed by atoms with Crippen molar-refractivity contribution in [3.8, 4) is 5.75 Å². The number of aromatic nitrogens is 1. The number of nitrogens with one attached hydrogen (secondary N) is 2. The summed E-state index contributed by atoms with van der Waals surface area (Å²) < 4.78 is 122. The highest BCUT2D eigenvalue weighted by atomic mass is 19.4. The minimum Gasteiger partial charge on any atom is -0.404 e. The van der Waals surface area contributed by atoms with Crippen molar-refractivity contribution >= 4 is 23.3 Å². The van der Waals surface area contributed by atoms with Gasteiger partial charge in [0.25, 0.3) is 11.5 Å². The molecule has 0 radical (unpaired) electrons. The van der Waals surface area contributed by atoms with E-state index < -0.39 is 47.6 Å². The molecule has 1 aromatic heterocycles. The summed E-state index contributed by atoms with van der Waals surface area (Å²) in [6.07, 6.45) is -14.4. The van der Waals surface area contributed by atoms with E-state index >= 15 is 0 Å². The van der Waals surface area contributed by atoms with Crippen molar-refractivity contribution in [3.63, 3.8) is 0 Å². The summed E-state index contributed by atoms with van der Waals surface area (Å²) in [7, 11) is 0. The molecule has 1 aliphatic heterocycles. The summed E-state index contributed by atoms with van der Waals surface area (Å²) in [4.78, 5) is 32.3. The number of hydrogen-bond donors (Lipinski definition) is 3. The molecule has 0 unspecified atom stereocenters. The molecule has 0 atom stereocenters. The van der Waals surface area contributed by atoms with Crippen molar-refractivity contribution in [2.24, 2.45) is 0 Å². The molecular formula is C28H24F9N5O4. The fourth-order valence-electron chi connectivity index (χ4n) is 4.58. The molecule has 0 saturated carbocycles. The number of carbonyl (C=O) groups is 2. The molecule has 2 aromatic carbocycles. The number of pyridine rings is 1. The Bertz CT molecular complexity index is 1510. The molecule has 1 saturated heterocycles. The zero-order valence-electron chi connectivity index (χ0n) is 23.3. The normalized spacial score (nSPS) is 15.0. The summed E-state index contributed by atoms with van der Waals surface area (Å²) in [5.41, 5.74) is -6.35. The summed E-state index contributed by atoms with van der Waals surface area (Å²) in [5, 5.41) is 14.2. The molecule has 3 N–H and O–H groups in total. The average molecular weight is 666 g/mol. The number of piperazine rings is 1.